The number of nitrogens with zero attached hydrogens (tertiary/aromatic N) is 2. The van der Waals surface area contributed by atoms with Crippen molar-refractivity contribution < 1.29 is 9.50 Å². The van der Waals surface area contributed by atoms with Crippen molar-refractivity contribution in [3.63, 3.8) is 0 Å². The smallest absolute Gasteiger partial charge is 0.123 e. The standard InChI is InChI=1S/C18H21FN2O/c19-16-6-4-15(5-7-16)18(22)9-13-21(14-10-18)12-8-17-3-1-2-11-20-17/h1-7,11,22H,8-10,12-14H2. The minimum absolute atomic E-state index is 0.264. The molecule has 0 atom stereocenters. The van der Waals surface area contributed by atoms with Crippen LogP contribution in [0, 0.1) is 5.82 Å². The minimum atomic E-state index is -0.824. The molecule has 2 aromatic rings. The third-order valence-electron chi connectivity index (χ3n) is 4.48. The number of benzene rings is 1. The lowest BCUT2D eigenvalue weighted by Gasteiger charge is -2.38. The van der Waals surface area contributed by atoms with Gasteiger partial charge in [0, 0.05) is 37.9 Å². The Kier molecular flexibility index (Phi) is 4.50. The highest BCUT2D eigenvalue weighted by molar-refractivity contribution is 5.23. The van der Waals surface area contributed by atoms with Crippen LogP contribution in [0.5, 0.6) is 0 Å². The Bertz CT molecular complexity index is 592. The van der Waals surface area contributed by atoms with Gasteiger partial charge in [-0.2, -0.15) is 0 Å². The molecule has 3 nitrogen and oxygen atoms in total. The quantitative estimate of drug-likeness (QED) is 0.943. The number of hydrogen-bond donors (Lipinski definition) is 1. The van der Waals surface area contributed by atoms with E-state index in [1.54, 1.807) is 12.1 Å². The van der Waals surface area contributed by atoms with Gasteiger partial charge in [-0.15, -0.1) is 0 Å². The van der Waals surface area contributed by atoms with E-state index in [0.29, 0.717) is 12.8 Å². The van der Waals surface area contributed by atoms with Crippen molar-refractivity contribution in [3.05, 3.63) is 65.7 Å². The van der Waals surface area contributed by atoms with Gasteiger partial charge in [0.1, 0.15) is 5.82 Å². The van der Waals surface area contributed by atoms with Crippen LogP contribution in [0.4, 0.5) is 4.39 Å². The Hall–Kier alpha value is -1.78. The number of rotatable bonds is 4. The van der Waals surface area contributed by atoms with Crippen LogP contribution in [0.1, 0.15) is 24.1 Å². The van der Waals surface area contributed by atoms with E-state index in [1.807, 2.05) is 24.4 Å². The zero-order valence-corrected chi connectivity index (χ0v) is 12.6. The second-order valence-electron chi connectivity index (χ2n) is 5.95. The molecule has 2 heterocycles. The molecule has 0 spiro atoms. The first-order valence-electron chi connectivity index (χ1n) is 7.76. The molecule has 1 N–H and O–H groups in total. The summed E-state index contributed by atoms with van der Waals surface area (Å²) < 4.78 is 13.0. The molecule has 116 valence electrons. The molecule has 1 aromatic heterocycles. The molecule has 0 aliphatic carbocycles. The SMILES string of the molecule is OC1(c2ccc(F)cc2)CCN(CCc2ccccn2)CC1. The van der Waals surface area contributed by atoms with Gasteiger partial charge in [-0.3, -0.25) is 4.98 Å². The highest BCUT2D eigenvalue weighted by atomic mass is 19.1. The van der Waals surface area contributed by atoms with Crippen molar-refractivity contribution in [2.24, 2.45) is 0 Å². The van der Waals surface area contributed by atoms with E-state index in [4.69, 9.17) is 0 Å². The molecule has 3 rings (SSSR count). The van der Waals surface area contributed by atoms with Crippen molar-refractivity contribution in [2.75, 3.05) is 19.6 Å². The van der Waals surface area contributed by atoms with Gasteiger partial charge in [0.25, 0.3) is 0 Å². The maximum absolute atomic E-state index is 13.0. The van der Waals surface area contributed by atoms with E-state index >= 15 is 0 Å². The Morgan fingerprint density at radius 1 is 1.09 bits per heavy atom. The molecule has 1 aliphatic rings. The van der Waals surface area contributed by atoms with E-state index in [0.717, 1.165) is 37.3 Å². The summed E-state index contributed by atoms with van der Waals surface area (Å²) in [5, 5.41) is 10.8. The van der Waals surface area contributed by atoms with Crippen molar-refractivity contribution in [3.8, 4) is 0 Å². The van der Waals surface area contributed by atoms with Crippen LogP contribution in [0.25, 0.3) is 0 Å². The number of hydrogen-bond acceptors (Lipinski definition) is 3. The monoisotopic (exact) mass is 300 g/mol. The number of halogens is 1. The van der Waals surface area contributed by atoms with Gasteiger partial charge in [0.2, 0.25) is 0 Å². The molecule has 1 aliphatic heterocycles. The zero-order chi connectivity index (χ0) is 15.4. The Balaban J connectivity index is 1.54. The number of aromatic nitrogens is 1. The Morgan fingerprint density at radius 2 is 1.82 bits per heavy atom. The van der Waals surface area contributed by atoms with Gasteiger partial charge >= 0.3 is 0 Å². The number of aliphatic hydroxyl groups is 1. The van der Waals surface area contributed by atoms with Gasteiger partial charge in [-0.25, -0.2) is 4.39 Å². The van der Waals surface area contributed by atoms with E-state index in [1.165, 1.54) is 12.1 Å². The van der Waals surface area contributed by atoms with Crippen molar-refractivity contribution in [1.82, 2.24) is 9.88 Å². The summed E-state index contributed by atoms with van der Waals surface area (Å²) in [5.74, 6) is -0.264. The third kappa shape index (κ3) is 3.51. The second kappa shape index (κ2) is 6.55. The van der Waals surface area contributed by atoms with Crippen LogP contribution >= 0.6 is 0 Å². The normalized spacial score (nSPS) is 18.3. The number of pyridine rings is 1. The molecule has 0 bridgehead atoms. The Labute approximate surface area is 130 Å². The lowest BCUT2D eigenvalue weighted by Crippen LogP contribution is -2.43. The maximum Gasteiger partial charge on any atom is 0.123 e. The summed E-state index contributed by atoms with van der Waals surface area (Å²) in [7, 11) is 0. The highest BCUT2D eigenvalue weighted by Crippen LogP contribution is 2.32. The summed E-state index contributed by atoms with van der Waals surface area (Å²) in [6.07, 6.45) is 4.11. The van der Waals surface area contributed by atoms with E-state index < -0.39 is 5.60 Å². The average Bonchev–Trinajstić information content (AvgIpc) is 2.56. The molecule has 1 aromatic carbocycles. The first-order valence-corrected chi connectivity index (χ1v) is 7.76. The largest absolute Gasteiger partial charge is 0.385 e. The Morgan fingerprint density at radius 3 is 2.45 bits per heavy atom. The molecular formula is C18H21FN2O. The number of piperidine rings is 1. The van der Waals surface area contributed by atoms with Gasteiger partial charge in [-0.05, 0) is 42.7 Å². The van der Waals surface area contributed by atoms with Crippen LogP contribution < -0.4 is 0 Å². The van der Waals surface area contributed by atoms with Gasteiger partial charge in [-0.1, -0.05) is 18.2 Å². The van der Waals surface area contributed by atoms with E-state index in [9.17, 15) is 9.50 Å². The summed E-state index contributed by atoms with van der Waals surface area (Å²) in [5.41, 5.74) is 1.09. The van der Waals surface area contributed by atoms with E-state index in [2.05, 4.69) is 9.88 Å². The lowest BCUT2D eigenvalue weighted by molar-refractivity contribution is -0.0256. The predicted molar refractivity (Wildman–Crippen MR) is 83.9 cm³/mol. The first kappa shape index (κ1) is 15.1. The summed E-state index contributed by atoms with van der Waals surface area (Å²) in [6.45, 7) is 2.65. The predicted octanol–water partition coefficient (Wildman–Crippen LogP) is 2.75. The first-order chi connectivity index (χ1) is 10.7. The maximum atomic E-state index is 13.0. The molecule has 22 heavy (non-hydrogen) atoms. The molecule has 0 radical (unpaired) electrons. The molecule has 0 amide bonds. The molecular weight excluding hydrogens is 279 g/mol. The minimum Gasteiger partial charge on any atom is -0.385 e. The summed E-state index contributed by atoms with van der Waals surface area (Å²) in [4.78, 5) is 6.69. The molecule has 1 fully saturated rings. The van der Waals surface area contributed by atoms with Gasteiger partial charge < -0.3 is 10.0 Å². The van der Waals surface area contributed by atoms with Crippen LogP contribution in [0.15, 0.2) is 48.7 Å². The molecule has 0 saturated carbocycles. The van der Waals surface area contributed by atoms with Crippen LogP contribution in [0.3, 0.4) is 0 Å². The van der Waals surface area contributed by atoms with Crippen molar-refractivity contribution in [1.29, 1.82) is 0 Å². The van der Waals surface area contributed by atoms with Crippen LogP contribution in [0.2, 0.25) is 0 Å². The third-order valence-corrected chi connectivity index (χ3v) is 4.48. The summed E-state index contributed by atoms with van der Waals surface area (Å²) in [6, 6.07) is 12.2. The summed E-state index contributed by atoms with van der Waals surface area (Å²) >= 11 is 0. The lowest BCUT2D eigenvalue weighted by atomic mass is 9.84. The average molecular weight is 300 g/mol. The molecule has 0 unspecified atom stereocenters. The number of likely N-dealkylation sites (tertiary alicyclic amines) is 1. The fourth-order valence-electron chi connectivity index (χ4n) is 3.01. The van der Waals surface area contributed by atoms with Gasteiger partial charge in [0.05, 0.1) is 5.60 Å². The topological polar surface area (TPSA) is 36.4 Å². The molecule has 4 heteroatoms. The molecule has 1 saturated heterocycles. The van der Waals surface area contributed by atoms with Crippen LogP contribution in [-0.4, -0.2) is 34.6 Å². The van der Waals surface area contributed by atoms with Gasteiger partial charge in [0.15, 0.2) is 0 Å². The van der Waals surface area contributed by atoms with E-state index in [-0.39, 0.29) is 5.82 Å². The zero-order valence-electron chi connectivity index (χ0n) is 12.6. The highest BCUT2D eigenvalue weighted by Gasteiger charge is 2.33. The van der Waals surface area contributed by atoms with Crippen LogP contribution in [-0.2, 0) is 12.0 Å². The van der Waals surface area contributed by atoms with Crippen molar-refractivity contribution in [2.45, 2.75) is 24.9 Å². The second-order valence-corrected chi connectivity index (χ2v) is 5.95. The fourth-order valence-corrected chi connectivity index (χ4v) is 3.01. The van der Waals surface area contributed by atoms with Crippen molar-refractivity contribution >= 4 is 0 Å². The fraction of sp³-hybridized carbons (Fsp3) is 0.389.